The van der Waals surface area contributed by atoms with Gasteiger partial charge in [-0.05, 0) is 31.2 Å². The third-order valence-electron chi connectivity index (χ3n) is 3.60. The van der Waals surface area contributed by atoms with Crippen LogP contribution in [0.5, 0.6) is 0 Å². The van der Waals surface area contributed by atoms with Gasteiger partial charge < -0.3 is 10.1 Å². The maximum atomic E-state index is 11.9. The average Bonchev–Trinajstić information content (AvgIpc) is 3.19. The number of ether oxygens (including phenoxy) is 1. The van der Waals surface area contributed by atoms with Crippen molar-refractivity contribution in [2.75, 3.05) is 11.9 Å². The van der Waals surface area contributed by atoms with Crippen molar-refractivity contribution in [3.05, 3.63) is 40.9 Å². The molecular formula is C16H19N3O2S. The molecule has 1 aromatic heterocycles. The molecule has 0 spiro atoms. The second-order valence-electron chi connectivity index (χ2n) is 5.33. The Bertz CT molecular complexity index is 609. The van der Waals surface area contributed by atoms with Crippen LogP contribution in [0.15, 0.2) is 30.3 Å². The van der Waals surface area contributed by atoms with Crippen LogP contribution in [0.25, 0.3) is 0 Å². The molecular weight excluding hydrogens is 298 g/mol. The summed E-state index contributed by atoms with van der Waals surface area (Å²) in [6.07, 6.45) is 4.33. The van der Waals surface area contributed by atoms with E-state index in [9.17, 15) is 4.79 Å². The van der Waals surface area contributed by atoms with Gasteiger partial charge in [-0.15, -0.1) is 10.2 Å². The number of carbonyl (C=O) groups is 1. The molecule has 3 rings (SSSR count). The predicted octanol–water partition coefficient (Wildman–Crippen LogP) is 3.35. The van der Waals surface area contributed by atoms with E-state index in [1.165, 1.54) is 16.9 Å². The number of nitrogens with one attached hydrogen (secondary N) is 1. The highest BCUT2D eigenvalue weighted by Gasteiger charge is 2.22. The fourth-order valence-corrected chi connectivity index (χ4v) is 3.31. The Hall–Kier alpha value is -1.79. The molecule has 0 bridgehead atoms. The molecule has 0 aliphatic carbocycles. The lowest BCUT2D eigenvalue weighted by Gasteiger charge is -2.03. The minimum atomic E-state index is -0.00836. The first-order valence-electron chi connectivity index (χ1n) is 7.60. The zero-order valence-electron chi connectivity index (χ0n) is 12.3. The third-order valence-corrected chi connectivity index (χ3v) is 4.53. The van der Waals surface area contributed by atoms with E-state index in [4.69, 9.17) is 4.74 Å². The summed E-state index contributed by atoms with van der Waals surface area (Å²) in [6.45, 7) is 0.783. The first kappa shape index (κ1) is 15.1. The highest BCUT2D eigenvalue weighted by Crippen LogP contribution is 2.31. The zero-order valence-corrected chi connectivity index (χ0v) is 13.1. The minimum absolute atomic E-state index is 0.00836. The largest absolute Gasteiger partial charge is 0.371 e. The number of rotatable bonds is 6. The van der Waals surface area contributed by atoms with Crippen LogP contribution in [0.1, 0.15) is 42.4 Å². The maximum Gasteiger partial charge on any atom is 0.226 e. The molecule has 1 aliphatic rings. The van der Waals surface area contributed by atoms with E-state index >= 15 is 0 Å². The Morgan fingerprint density at radius 2 is 2.18 bits per heavy atom. The first-order valence-corrected chi connectivity index (χ1v) is 8.42. The summed E-state index contributed by atoms with van der Waals surface area (Å²) in [6, 6.07) is 10.2. The van der Waals surface area contributed by atoms with Gasteiger partial charge in [0.15, 0.2) is 0 Å². The monoisotopic (exact) mass is 317 g/mol. The van der Waals surface area contributed by atoms with E-state index in [1.54, 1.807) is 0 Å². The molecule has 1 fully saturated rings. The number of aryl methyl sites for hydroxylation is 1. The molecule has 0 unspecified atom stereocenters. The average molecular weight is 317 g/mol. The van der Waals surface area contributed by atoms with Crippen LogP contribution in [-0.2, 0) is 16.0 Å². The number of hydrogen-bond acceptors (Lipinski definition) is 5. The van der Waals surface area contributed by atoms with Crippen LogP contribution in [0, 0.1) is 0 Å². The van der Waals surface area contributed by atoms with Crippen molar-refractivity contribution in [1.29, 1.82) is 0 Å². The summed E-state index contributed by atoms with van der Waals surface area (Å²) in [5, 5.41) is 12.4. The van der Waals surface area contributed by atoms with Crippen LogP contribution in [0.2, 0.25) is 0 Å². The highest BCUT2D eigenvalue weighted by molar-refractivity contribution is 7.15. The van der Waals surface area contributed by atoms with Gasteiger partial charge in [-0.3, -0.25) is 4.79 Å². The SMILES string of the molecule is O=C(CCCc1ccccc1)Nc1nnc([C@H]2CCCO2)s1. The Morgan fingerprint density at radius 1 is 1.32 bits per heavy atom. The topological polar surface area (TPSA) is 64.1 Å². The van der Waals surface area contributed by atoms with Crippen molar-refractivity contribution in [3.8, 4) is 0 Å². The van der Waals surface area contributed by atoms with Crippen molar-refractivity contribution in [2.24, 2.45) is 0 Å². The van der Waals surface area contributed by atoms with Crippen LogP contribution in [0.4, 0.5) is 5.13 Å². The summed E-state index contributed by atoms with van der Waals surface area (Å²) in [4.78, 5) is 11.9. The number of benzene rings is 1. The van der Waals surface area contributed by atoms with Gasteiger partial charge in [0.1, 0.15) is 11.1 Å². The first-order chi connectivity index (χ1) is 10.8. The molecule has 2 heterocycles. The lowest BCUT2D eigenvalue weighted by atomic mass is 10.1. The lowest BCUT2D eigenvalue weighted by Crippen LogP contribution is -2.11. The van der Waals surface area contributed by atoms with Gasteiger partial charge in [-0.1, -0.05) is 41.7 Å². The summed E-state index contributed by atoms with van der Waals surface area (Å²) < 4.78 is 5.57. The molecule has 1 N–H and O–H groups in total. The highest BCUT2D eigenvalue weighted by atomic mass is 32.1. The molecule has 1 aromatic carbocycles. The Morgan fingerprint density at radius 3 is 2.95 bits per heavy atom. The molecule has 1 saturated heterocycles. The molecule has 0 radical (unpaired) electrons. The Balaban J connectivity index is 1.43. The Kier molecular flexibility index (Phi) is 5.13. The number of anilines is 1. The van der Waals surface area contributed by atoms with Crippen LogP contribution in [0.3, 0.4) is 0 Å². The number of nitrogens with zero attached hydrogens (tertiary/aromatic N) is 2. The van der Waals surface area contributed by atoms with Crippen molar-refractivity contribution < 1.29 is 9.53 Å². The number of carbonyl (C=O) groups excluding carboxylic acids is 1. The van der Waals surface area contributed by atoms with Gasteiger partial charge in [0.05, 0.1) is 0 Å². The van der Waals surface area contributed by atoms with Crippen LogP contribution in [-0.4, -0.2) is 22.7 Å². The van der Waals surface area contributed by atoms with Crippen molar-refractivity contribution in [2.45, 2.75) is 38.2 Å². The summed E-state index contributed by atoms with van der Waals surface area (Å²) in [7, 11) is 0. The number of hydrogen-bond donors (Lipinski definition) is 1. The molecule has 2 aromatic rings. The lowest BCUT2D eigenvalue weighted by molar-refractivity contribution is -0.116. The van der Waals surface area contributed by atoms with Gasteiger partial charge in [-0.25, -0.2) is 0 Å². The smallest absolute Gasteiger partial charge is 0.226 e. The number of amides is 1. The van der Waals surface area contributed by atoms with E-state index in [-0.39, 0.29) is 12.0 Å². The van der Waals surface area contributed by atoms with Crippen molar-refractivity contribution >= 4 is 22.4 Å². The van der Waals surface area contributed by atoms with Crippen LogP contribution < -0.4 is 5.32 Å². The van der Waals surface area contributed by atoms with Gasteiger partial charge in [0, 0.05) is 13.0 Å². The van der Waals surface area contributed by atoms with Crippen molar-refractivity contribution in [1.82, 2.24) is 10.2 Å². The predicted molar refractivity (Wildman–Crippen MR) is 85.8 cm³/mol. The van der Waals surface area contributed by atoms with Crippen molar-refractivity contribution in [3.63, 3.8) is 0 Å². The van der Waals surface area contributed by atoms with E-state index in [1.807, 2.05) is 18.2 Å². The second kappa shape index (κ2) is 7.47. The molecule has 1 amide bonds. The molecule has 5 nitrogen and oxygen atoms in total. The van der Waals surface area contributed by atoms with E-state index in [0.29, 0.717) is 11.6 Å². The van der Waals surface area contributed by atoms with E-state index < -0.39 is 0 Å². The Labute approximate surface area is 133 Å². The minimum Gasteiger partial charge on any atom is -0.371 e. The summed E-state index contributed by atoms with van der Waals surface area (Å²) >= 11 is 1.41. The fourth-order valence-electron chi connectivity index (χ4n) is 2.47. The van der Waals surface area contributed by atoms with Gasteiger partial charge in [0.2, 0.25) is 11.0 Å². The summed E-state index contributed by atoms with van der Waals surface area (Å²) in [5.41, 5.74) is 1.26. The van der Waals surface area contributed by atoms with Gasteiger partial charge in [-0.2, -0.15) is 0 Å². The second-order valence-corrected chi connectivity index (χ2v) is 6.34. The van der Waals surface area contributed by atoms with Gasteiger partial charge >= 0.3 is 0 Å². The molecule has 116 valence electrons. The molecule has 22 heavy (non-hydrogen) atoms. The molecule has 1 atom stereocenters. The molecule has 6 heteroatoms. The molecule has 0 saturated carbocycles. The maximum absolute atomic E-state index is 11.9. The number of aromatic nitrogens is 2. The summed E-state index contributed by atoms with van der Waals surface area (Å²) in [5.74, 6) is -0.00836. The fraction of sp³-hybridized carbons (Fsp3) is 0.438. The van der Waals surface area contributed by atoms with E-state index in [2.05, 4.69) is 27.6 Å². The van der Waals surface area contributed by atoms with E-state index in [0.717, 1.165) is 37.3 Å². The quantitative estimate of drug-likeness (QED) is 0.887. The third kappa shape index (κ3) is 4.11. The standard InChI is InChI=1S/C16H19N3O2S/c20-14(10-4-8-12-6-2-1-3-7-12)17-16-19-18-15(22-16)13-9-5-11-21-13/h1-3,6-7,13H,4-5,8-11H2,(H,17,19,20)/t13-/m1/s1. The zero-order chi connectivity index (χ0) is 15.2. The molecule has 1 aliphatic heterocycles. The van der Waals surface area contributed by atoms with Gasteiger partial charge in [0.25, 0.3) is 0 Å². The normalized spacial score (nSPS) is 17.5. The van der Waals surface area contributed by atoms with Crippen LogP contribution >= 0.6 is 11.3 Å².